The molecule has 4 nitrogen and oxygen atoms in total. The van der Waals surface area contributed by atoms with Gasteiger partial charge in [-0.05, 0) is 37.8 Å². The summed E-state index contributed by atoms with van der Waals surface area (Å²) in [6.07, 6.45) is 3.48. The van der Waals surface area contributed by atoms with E-state index in [2.05, 4.69) is 15.5 Å². The van der Waals surface area contributed by atoms with Gasteiger partial charge < -0.3 is 9.84 Å². The third-order valence-corrected chi connectivity index (χ3v) is 4.49. The Bertz CT molecular complexity index is 654. The predicted octanol–water partition coefficient (Wildman–Crippen LogP) is 2.79. The van der Waals surface area contributed by atoms with Gasteiger partial charge in [0.2, 0.25) is 11.7 Å². The Morgan fingerprint density at radius 3 is 2.95 bits per heavy atom. The Labute approximate surface area is 116 Å². The maximum absolute atomic E-state index is 13.6. The topological polar surface area (TPSA) is 51.0 Å². The van der Waals surface area contributed by atoms with Crippen molar-refractivity contribution in [2.75, 3.05) is 0 Å². The van der Waals surface area contributed by atoms with Crippen LogP contribution in [0.25, 0.3) is 11.4 Å². The number of nitrogens with one attached hydrogen (secondary N) is 1. The normalized spacial score (nSPS) is 28.2. The molecule has 2 aliphatic rings. The summed E-state index contributed by atoms with van der Waals surface area (Å²) in [5, 5.41) is 7.56. The van der Waals surface area contributed by atoms with E-state index >= 15 is 0 Å². The molecule has 2 aromatic rings. The third kappa shape index (κ3) is 1.85. The van der Waals surface area contributed by atoms with Gasteiger partial charge in [0.05, 0.1) is 5.92 Å². The Morgan fingerprint density at radius 2 is 2.25 bits per heavy atom. The lowest BCUT2D eigenvalue weighted by molar-refractivity contribution is 0.329. The molecule has 3 atom stereocenters. The summed E-state index contributed by atoms with van der Waals surface area (Å²) in [4.78, 5) is 4.47. The van der Waals surface area contributed by atoms with Crippen LogP contribution in [-0.2, 0) is 0 Å². The van der Waals surface area contributed by atoms with E-state index in [9.17, 15) is 4.39 Å². The zero-order chi connectivity index (χ0) is 13.7. The van der Waals surface area contributed by atoms with E-state index in [1.165, 1.54) is 18.9 Å². The van der Waals surface area contributed by atoms with Gasteiger partial charge in [-0.2, -0.15) is 4.98 Å². The first-order chi connectivity index (χ1) is 9.70. The van der Waals surface area contributed by atoms with Crippen LogP contribution >= 0.6 is 0 Å². The van der Waals surface area contributed by atoms with E-state index in [1.54, 1.807) is 13.0 Å². The van der Waals surface area contributed by atoms with Crippen LogP contribution in [0.2, 0.25) is 0 Å². The molecule has 0 amide bonds. The van der Waals surface area contributed by atoms with E-state index in [1.807, 2.05) is 6.07 Å². The van der Waals surface area contributed by atoms with E-state index in [-0.39, 0.29) is 5.82 Å². The molecule has 1 aromatic carbocycles. The first-order valence-corrected chi connectivity index (χ1v) is 7.07. The number of aromatic nitrogens is 2. The second-order valence-electron chi connectivity index (χ2n) is 5.81. The molecule has 104 valence electrons. The highest BCUT2D eigenvalue weighted by Crippen LogP contribution is 2.39. The molecular weight excluding hydrogens is 257 g/mol. The maximum Gasteiger partial charge on any atom is 0.231 e. The van der Waals surface area contributed by atoms with Crippen LogP contribution in [0.3, 0.4) is 0 Å². The fourth-order valence-corrected chi connectivity index (χ4v) is 3.33. The summed E-state index contributed by atoms with van der Waals surface area (Å²) in [7, 11) is 0. The van der Waals surface area contributed by atoms with E-state index < -0.39 is 0 Å². The molecule has 2 bridgehead atoms. The third-order valence-electron chi connectivity index (χ3n) is 4.49. The minimum Gasteiger partial charge on any atom is -0.339 e. The van der Waals surface area contributed by atoms with E-state index in [0.29, 0.717) is 40.8 Å². The van der Waals surface area contributed by atoms with Crippen molar-refractivity contribution in [3.05, 3.63) is 35.5 Å². The van der Waals surface area contributed by atoms with Crippen molar-refractivity contribution in [1.82, 2.24) is 15.5 Å². The average molecular weight is 273 g/mol. The molecule has 0 saturated carbocycles. The summed E-state index contributed by atoms with van der Waals surface area (Å²) in [5.41, 5.74) is 1.29. The monoisotopic (exact) mass is 273 g/mol. The van der Waals surface area contributed by atoms with Gasteiger partial charge >= 0.3 is 0 Å². The zero-order valence-corrected chi connectivity index (χ0v) is 11.3. The number of rotatable bonds is 2. The Balaban J connectivity index is 1.63. The minimum absolute atomic E-state index is 0.240. The summed E-state index contributed by atoms with van der Waals surface area (Å²) >= 11 is 0. The molecule has 5 heteroatoms. The standard InChI is InChI=1S/C15H16FN3O/c1-8-2-3-9(6-12(8)16)14-18-15(20-19-14)11-7-10-4-5-13(11)17-10/h2-3,6,10-11,13,17H,4-5,7H2,1H3. The molecular formula is C15H16FN3O. The van der Waals surface area contributed by atoms with Gasteiger partial charge in [-0.3, -0.25) is 0 Å². The molecule has 0 radical (unpaired) electrons. The second-order valence-corrected chi connectivity index (χ2v) is 5.81. The van der Waals surface area contributed by atoms with E-state index in [4.69, 9.17) is 4.52 Å². The van der Waals surface area contributed by atoms with Gasteiger partial charge in [0.15, 0.2) is 0 Å². The number of hydrogen-bond acceptors (Lipinski definition) is 4. The fourth-order valence-electron chi connectivity index (χ4n) is 3.33. The van der Waals surface area contributed by atoms with Crippen LogP contribution in [0.1, 0.15) is 36.6 Å². The van der Waals surface area contributed by atoms with Crippen molar-refractivity contribution in [2.24, 2.45) is 0 Å². The SMILES string of the molecule is Cc1ccc(-c2noc(C3CC4CCC3N4)n2)cc1F. The molecule has 3 heterocycles. The smallest absolute Gasteiger partial charge is 0.231 e. The molecule has 4 rings (SSSR count). The zero-order valence-electron chi connectivity index (χ0n) is 11.3. The van der Waals surface area contributed by atoms with Gasteiger partial charge in [0, 0.05) is 17.6 Å². The lowest BCUT2D eigenvalue weighted by Gasteiger charge is -2.15. The summed E-state index contributed by atoms with van der Waals surface area (Å²) in [6, 6.07) is 6.08. The maximum atomic E-state index is 13.6. The van der Waals surface area contributed by atoms with Gasteiger partial charge in [-0.15, -0.1) is 0 Å². The highest BCUT2D eigenvalue weighted by atomic mass is 19.1. The fraction of sp³-hybridized carbons (Fsp3) is 0.467. The average Bonchev–Trinajstić information content (AvgIpc) is 3.16. The van der Waals surface area contributed by atoms with Crippen molar-refractivity contribution < 1.29 is 8.91 Å². The number of halogens is 1. The molecule has 20 heavy (non-hydrogen) atoms. The van der Waals surface area contributed by atoms with E-state index in [0.717, 1.165) is 6.42 Å². The molecule has 0 aliphatic carbocycles. The van der Waals surface area contributed by atoms with Crippen LogP contribution in [0.15, 0.2) is 22.7 Å². The Morgan fingerprint density at radius 1 is 1.35 bits per heavy atom. The van der Waals surface area contributed by atoms with Gasteiger partial charge in [-0.25, -0.2) is 4.39 Å². The number of hydrogen-bond donors (Lipinski definition) is 1. The number of aryl methyl sites for hydroxylation is 1. The van der Waals surface area contributed by atoms with Crippen LogP contribution in [0.5, 0.6) is 0 Å². The summed E-state index contributed by atoms with van der Waals surface area (Å²) < 4.78 is 19.0. The van der Waals surface area contributed by atoms with Gasteiger partial charge in [0.1, 0.15) is 5.82 Å². The van der Waals surface area contributed by atoms with Crippen LogP contribution in [0.4, 0.5) is 4.39 Å². The molecule has 2 aliphatic heterocycles. The second kappa shape index (κ2) is 4.38. The number of nitrogens with zero attached hydrogens (tertiary/aromatic N) is 2. The van der Waals surface area contributed by atoms with Gasteiger partial charge in [-0.1, -0.05) is 17.3 Å². The molecule has 2 fully saturated rings. The Kier molecular flexibility index (Phi) is 2.63. The van der Waals surface area contributed by atoms with Gasteiger partial charge in [0.25, 0.3) is 0 Å². The first kappa shape index (κ1) is 12.0. The van der Waals surface area contributed by atoms with Crippen LogP contribution in [-0.4, -0.2) is 22.2 Å². The number of benzene rings is 1. The highest BCUT2D eigenvalue weighted by Gasteiger charge is 2.42. The predicted molar refractivity (Wildman–Crippen MR) is 71.7 cm³/mol. The lowest BCUT2D eigenvalue weighted by atomic mass is 9.89. The largest absolute Gasteiger partial charge is 0.339 e. The highest BCUT2D eigenvalue weighted by molar-refractivity contribution is 5.55. The van der Waals surface area contributed by atoms with Crippen molar-refractivity contribution in [1.29, 1.82) is 0 Å². The Hall–Kier alpha value is -1.75. The number of fused-ring (bicyclic) bond motifs is 2. The van der Waals surface area contributed by atoms with Crippen LogP contribution < -0.4 is 5.32 Å². The first-order valence-electron chi connectivity index (χ1n) is 7.07. The lowest BCUT2D eigenvalue weighted by Crippen LogP contribution is -2.21. The van der Waals surface area contributed by atoms with Crippen molar-refractivity contribution in [3.8, 4) is 11.4 Å². The summed E-state index contributed by atoms with van der Waals surface area (Å²) in [6.45, 7) is 1.74. The van der Waals surface area contributed by atoms with Crippen LogP contribution in [0, 0.1) is 12.7 Å². The summed E-state index contributed by atoms with van der Waals surface area (Å²) in [5.74, 6) is 1.23. The van der Waals surface area contributed by atoms with Crippen molar-refractivity contribution >= 4 is 0 Å². The molecule has 1 N–H and O–H groups in total. The molecule has 0 spiro atoms. The van der Waals surface area contributed by atoms with Crippen molar-refractivity contribution in [3.63, 3.8) is 0 Å². The van der Waals surface area contributed by atoms with Crippen molar-refractivity contribution in [2.45, 2.75) is 44.2 Å². The molecule has 1 aromatic heterocycles. The quantitative estimate of drug-likeness (QED) is 0.914. The minimum atomic E-state index is -0.240. The molecule has 3 unspecified atom stereocenters. The molecule has 2 saturated heterocycles.